The van der Waals surface area contributed by atoms with Crippen LogP contribution >= 0.6 is 11.8 Å². The summed E-state index contributed by atoms with van der Waals surface area (Å²) in [6.07, 6.45) is 0. The largest absolute Gasteiger partial charge is 0.333 e. The molecule has 2 N–H and O–H groups in total. The molecule has 1 aromatic heterocycles. The molecule has 0 bridgehead atoms. The summed E-state index contributed by atoms with van der Waals surface area (Å²) in [6, 6.07) is 21.2. The Morgan fingerprint density at radius 3 is 2.62 bits per heavy atom. The van der Waals surface area contributed by atoms with Crippen LogP contribution in [0.2, 0.25) is 0 Å². The number of hydrazone groups is 1. The SMILES string of the molecule is CC(=NNC(=O)c1ccc(CSc2nc3ccccc3[nH]2)cc1)c1cccc([N+](=O)[O-])c1. The van der Waals surface area contributed by atoms with Gasteiger partial charge in [0.2, 0.25) is 0 Å². The van der Waals surface area contributed by atoms with E-state index in [1.165, 1.54) is 12.1 Å². The van der Waals surface area contributed by atoms with Gasteiger partial charge in [-0.15, -0.1) is 0 Å². The summed E-state index contributed by atoms with van der Waals surface area (Å²) in [7, 11) is 0. The maximum absolute atomic E-state index is 12.4. The van der Waals surface area contributed by atoms with E-state index in [0.29, 0.717) is 22.6 Å². The third-order valence-corrected chi connectivity index (χ3v) is 5.70. The van der Waals surface area contributed by atoms with Gasteiger partial charge in [0.1, 0.15) is 0 Å². The average molecular weight is 446 g/mol. The summed E-state index contributed by atoms with van der Waals surface area (Å²) in [5.41, 5.74) is 6.97. The summed E-state index contributed by atoms with van der Waals surface area (Å²) in [4.78, 5) is 30.7. The Kier molecular flexibility index (Phi) is 6.27. The maximum Gasteiger partial charge on any atom is 0.271 e. The Hall–Kier alpha value is -3.98. The molecule has 1 heterocycles. The number of para-hydroxylation sites is 2. The lowest BCUT2D eigenvalue weighted by molar-refractivity contribution is -0.384. The third kappa shape index (κ3) is 5.01. The smallest absolute Gasteiger partial charge is 0.271 e. The highest BCUT2D eigenvalue weighted by molar-refractivity contribution is 7.98. The minimum atomic E-state index is -0.469. The Morgan fingerprint density at radius 2 is 1.88 bits per heavy atom. The van der Waals surface area contributed by atoms with Crippen molar-refractivity contribution in [1.82, 2.24) is 15.4 Å². The van der Waals surface area contributed by atoms with Gasteiger partial charge in [0.25, 0.3) is 11.6 Å². The van der Waals surface area contributed by atoms with Gasteiger partial charge in [-0.2, -0.15) is 5.10 Å². The summed E-state index contributed by atoms with van der Waals surface area (Å²) < 4.78 is 0. The van der Waals surface area contributed by atoms with Crippen molar-refractivity contribution in [3.63, 3.8) is 0 Å². The molecule has 160 valence electrons. The van der Waals surface area contributed by atoms with Crippen LogP contribution in [0.1, 0.15) is 28.4 Å². The fourth-order valence-electron chi connectivity index (χ4n) is 3.01. The van der Waals surface area contributed by atoms with Gasteiger partial charge in [-0.3, -0.25) is 14.9 Å². The molecule has 8 nitrogen and oxygen atoms in total. The van der Waals surface area contributed by atoms with Crippen molar-refractivity contribution in [3.8, 4) is 0 Å². The first-order valence-corrected chi connectivity index (χ1v) is 10.7. The second-order valence-corrected chi connectivity index (χ2v) is 7.95. The van der Waals surface area contributed by atoms with Crippen LogP contribution in [0.15, 0.2) is 83.1 Å². The van der Waals surface area contributed by atoms with Crippen LogP contribution in [0.4, 0.5) is 5.69 Å². The van der Waals surface area contributed by atoms with Crippen LogP contribution in [0, 0.1) is 10.1 Å². The predicted molar refractivity (Wildman–Crippen MR) is 125 cm³/mol. The topological polar surface area (TPSA) is 113 Å². The van der Waals surface area contributed by atoms with Gasteiger partial charge in [-0.1, -0.05) is 48.2 Å². The number of hydrogen-bond acceptors (Lipinski definition) is 6. The molecule has 4 rings (SSSR count). The number of aromatic amines is 1. The van der Waals surface area contributed by atoms with E-state index in [1.807, 2.05) is 36.4 Å². The minimum absolute atomic E-state index is 0.0283. The number of benzene rings is 3. The van der Waals surface area contributed by atoms with E-state index in [1.54, 1.807) is 43.0 Å². The van der Waals surface area contributed by atoms with Crippen LogP contribution in [-0.2, 0) is 5.75 Å². The van der Waals surface area contributed by atoms with Gasteiger partial charge < -0.3 is 4.98 Å². The zero-order valence-electron chi connectivity index (χ0n) is 17.1. The Bertz CT molecular complexity index is 1280. The highest BCUT2D eigenvalue weighted by atomic mass is 32.2. The number of carbonyl (C=O) groups is 1. The molecule has 0 radical (unpaired) electrons. The molecule has 0 unspecified atom stereocenters. The number of H-pyrrole nitrogens is 1. The van der Waals surface area contributed by atoms with Crippen molar-refractivity contribution in [1.29, 1.82) is 0 Å². The number of aromatic nitrogens is 2. The van der Waals surface area contributed by atoms with E-state index in [0.717, 1.165) is 21.8 Å². The van der Waals surface area contributed by atoms with E-state index in [2.05, 4.69) is 20.5 Å². The van der Waals surface area contributed by atoms with Crippen molar-refractivity contribution in [3.05, 3.63) is 99.6 Å². The number of amides is 1. The molecular formula is C23H19N5O3S. The highest BCUT2D eigenvalue weighted by Gasteiger charge is 2.09. The first-order chi connectivity index (χ1) is 15.5. The molecule has 9 heteroatoms. The normalized spacial score (nSPS) is 11.5. The molecule has 1 amide bonds. The number of hydrogen-bond donors (Lipinski definition) is 2. The number of nitrogens with zero attached hydrogens (tertiary/aromatic N) is 3. The minimum Gasteiger partial charge on any atom is -0.333 e. The lowest BCUT2D eigenvalue weighted by Gasteiger charge is -2.05. The predicted octanol–water partition coefficient (Wildman–Crippen LogP) is 4.92. The number of thioether (sulfide) groups is 1. The molecule has 0 saturated carbocycles. The molecule has 3 aromatic carbocycles. The van der Waals surface area contributed by atoms with E-state index in [9.17, 15) is 14.9 Å². The standard InChI is InChI=1S/C23H19N5O3S/c1-15(18-5-4-6-19(13-18)28(30)31)26-27-22(29)17-11-9-16(10-12-17)14-32-23-24-20-7-2-3-8-21(20)25-23/h2-13H,14H2,1H3,(H,24,25)(H,27,29). The first-order valence-electron chi connectivity index (χ1n) is 9.75. The van der Waals surface area contributed by atoms with Crippen molar-refractivity contribution >= 4 is 40.1 Å². The molecule has 0 aliphatic carbocycles. The average Bonchev–Trinajstić information content (AvgIpc) is 3.24. The lowest BCUT2D eigenvalue weighted by Crippen LogP contribution is -2.19. The van der Waals surface area contributed by atoms with Crippen molar-refractivity contribution in [2.75, 3.05) is 0 Å². The zero-order valence-corrected chi connectivity index (χ0v) is 17.9. The van der Waals surface area contributed by atoms with Gasteiger partial charge in [0.05, 0.1) is 21.7 Å². The number of nitrogens with one attached hydrogen (secondary N) is 2. The molecule has 32 heavy (non-hydrogen) atoms. The molecule has 4 aromatic rings. The van der Waals surface area contributed by atoms with E-state index in [4.69, 9.17) is 0 Å². The van der Waals surface area contributed by atoms with Gasteiger partial charge in [0.15, 0.2) is 5.16 Å². The fourth-order valence-corrected chi connectivity index (χ4v) is 3.85. The molecule has 0 aliphatic heterocycles. The number of nitro groups is 1. The van der Waals surface area contributed by atoms with Crippen molar-refractivity contribution in [2.45, 2.75) is 17.8 Å². The molecule has 0 spiro atoms. The number of fused-ring (bicyclic) bond motifs is 1. The van der Waals surface area contributed by atoms with Crippen LogP contribution in [0.25, 0.3) is 11.0 Å². The molecular weight excluding hydrogens is 426 g/mol. The molecule has 0 saturated heterocycles. The second-order valence-electron chi connectivity index (χ2n) is 6.99. The van der Waals surface area contributed by atoms with Crippen LogP contribution in [0.5, 0.6) is 0 Å². The molecule has 0 atom stereocenters. The van der Waals surface area contributed by atoms with Crippen LogP contribution < -0.4 is 5.43 Å². The van der Waals surface area contributed by atoms with Gasteiger partial charge in [-0.25, -0.2) is 10.4 Å². The van der Waals surface area contributed by atoms with E-state index >= 15 is 0 Å². The van der Waals surface area contributed by atoms with Gasteiger partial charge >= 0.3 is 0 Å². The van der Waals surface area contributed by atoms with Crippen LogP contribution in [0.3, 0.4) is 0 Å². The van der Waals surface area contributed by atoms with Gasteiger partial charge in [-0.05, 0) is 36.8 Å². The number of non-ortho nitro benzene ring substituents is 1. The number of rotatable bonds is 7. The number of imidazole rings is 1. The van der Waals surface area contributed by atoms with Crippen molar-refractivity contribution < 1.29 is 9.72 Å². The first kappa shape index (κ1) is 21.3. The monoisotopic (exact) mass is 445 g/mol. The van der Waals surface area contributed by atoms with E-state index in [-0.39, 0.29) is 11.6 Å². The zero-order chi connectivity index (χ0) is 22.5. The summed E-state index contributed by atoms with van der Waals surface area (Å²) in [5.74, 6) is 0.359. The summed E-state index contributed by atoms with van der Waals surface area (Å²) in [5, 5.41) is 15.8. The highest BCUT2D eigenvalue weighted by Crippen LogP contribution is 2.23. The quantitative estimate of drug-likeness (QED) is 0.181. The maximum atomic E-state index is 12.4. The van der Waals surface area contributed by atoms with Crippen LogP contribution in [-0.4, -0.2) is 26.5 Å². The summed E-state index contributed by atoms with van der Waals surface area (Å²) in [6.45, 7) is 1.68. The summed E-state index contributed by atoms with van der Waals surface area (Å²) >= 11 is 1.59. The lowest BCUT2D eigenvalue weighted by atomic mass is 10.1. The second kappa shape index (κ2) is 9.44. The molecule has 0 fully saturated rings. The van der Waals surface area contributed by atoms with Gasteiger partial charge in [0, 0.05) is 29.0 Å². The number of nitro benzene ring substituents is 1. The fraction of sp³-hybridized carbons (Fsp3) is 0.0870. The third-order valence-electron chi connectivity index (χ3n) is 4.76. The Labute approximate surface area is 187 Å². The number of carbonyl (C=O) groups excluding carboxylic acids is 1. The Morgan fingerprint density at radius 1 is 1.09 bits per heavy atom. The van der Waals surface area contributed by atoms with E-state index < -0.39 is 4.92 Å². The molecule has 0 aliphatic rings. The van der Waals surface area contributed by atoms with Crippen molar-refractivity contribution in [2.24, 2.45) is 5.10 Å². The Balaban J connectivity index is 1.35.